The van der Waals surface area contributed by atoms with Crippen molar-refractivity contribution in [2.75, 3.05) is 0 Å². The van der Waals surface area contributed by atoms with E-state index in [1.807, 2.05) is 6.92 Å². The molecule has 0 N–H and O–H groups in total. The van der Waals surface area contributed by atoms with E-state index in [0.29, 0.717) is 0 Å². The molecule has 4 nitrogen and oxygen atoms in total. The van der Waals surface area contributed by atoms with Crippen LogP contribution >= 0.6 is 23.0 Å². The van der Waals surface area contributed by atoms with Crippen molar-refractivity contribution in [1.29, 1.82) is 0 Å². The maximum atomic E-state index is 10.8. The average Bonchev–Trinajstić information content (AvgIpc) is 2.09. The lowest BCUT2D eigenvalue weighted by Crippen LogP contribution is -2.07. The molecule has 1 aromatic carbocycles. The number of rotatable bonds is 3. The van der Waals surface area contributed by atoms with E-state index in [1.165, 1.54) is 23.0 Å². The predicted molar refractivity (Wildman–Crippen MR) is 55.8 cm³/mol. The summed E-state index contributed by atoms with van der Waals surface area (Å²) in [5.41, 5.74) is 1.03. The number of hydrogen-bond acceptors (Lipinski definition) is 4. The smallest absolute Gasteiger partial charge is 0.361 e. The van der Waals surface area contributed by atoms with E-state index in [4.69, 9.17) is 0 Å². The first kappa shape index (κ1) is 10.7. The largest absolute Gasteiger partial charge is 0.458 e. The van der Waals surface area contributed by atoms with Gasteiger partial charge in [0, 0.05) is 0 Å². The topological polar surface area (TPSA) is 52.6 Å². The summed E-state index contributed by atoms with van der Waals surface area (Å²) < 4.78 is 30.2. The van der Waals surface area contributed by atoms with Crippen LogP contribution in [0.2, 0.25) is 0 Å². The van der Waals surface area contributed by atoms with Crippen LogP contribution in [0.5, 0.6) is 5.75 Å². The van der Waals surface area contributed by atoms with E-state index in [-0.39, 0.29) is 5.75 Å². The zero-order valence-corrected chi connectivity index (χ0v) is 9.70. The molecule has 13 heavy (non-hydrogen) atoms. The van der Waals surface area contributed by atoms with E-state index in [1.54, 1.807) is 24.3 Å². The monoisotopic (exact) mass is 314 g/mol. The third-order valence-electron chi connectivity index (χ3n) is 1.30. The minimum absolute atomic E-state index is 0.238. The molecule has 0 aliphatic rings. The summed E-state index contributed by atoms with van der Waals surface area (Å²) in [7, 11) is -3.90. The Labute approximate surface area is 90.9 Å². The Morgan fingerprint density at radius 3 is 2.23 bits per heavy atom. The van der Waals surface area contributed by atoms with E-state index >= 15 is 0 Å². The highest BCUT2D eigenvalue weighted by atomic mass is 127. The van der Waals surface area contributed by atoms with Gasteiger partial charge in [-0.15, -0.1) is 0 Å². The Hall–Kier alpha value is -0.340. The lowest BCUT2D eigenvalue weighted by molar-refractivity contribution is 0.427. The average molecular weight is 314 g/mol. The fourth-order valence-electron chi connectivity index (χ4n) is 0.725. The molecule has 6 heteroatoms. The highest BCUT2D eigenvalue weighted by molar-refractivity contribution is 14.1. The molecule has 72 valence electrons. The van der Waals surface area contributed by atoms with Crippen molar-refractivity contribution in [3.8, 4) is 5.75 Å². The van der Waals surface area contributed by atoms with Crippen molar-refractivity contribution in [3.05, 3.63) is 29.8 Å². The van der Waals surface area contributed by atoms with Gasteiger partial charge in [0.25, 0.3) is 0 Å². The quantitative estimate of drug-likeness (QED) is 0.801. The van der Waals surface area contributed by atoms with E-state index < -0.39 is 10.4 Å². The zero-order valence-electron chi connectivity index (χ0n) is 6.73. The van der Waals surface area contributed by atoms with Crippen molar-refractivity contribution < 1.29 is 15.1 Å². The van der Waals surface area contributed by atoms with Crippen molar-refractivity contribution in [1.82, 2.24) is 0 Å². The Morgan fingerprint density at radius 1 is 1.23 bits per heavy atom. The van der Waals surface area contributed by atoms with Gasteiger partial charge >= 0.3 is 10.4 Å². The summed E-state index contributed by atoms with van der Waals surface area (Å²) in [6.45, 7) is 1.90. The fraction of sp³-hybridized carbons (Fsp3) is 0.143. The first-order valence-electron chi connectivity index (χ1n) is 3.35. The molecule has 1 rings (SSSR count). The molecule has 0 unspecified atom stereocenters. The van der Waals surface area contributed by atoms with Gasteiger partial charge in [-0.3, -0.25) is 0 Å². The minimum atomic E-state index is -3.90. The Morgan fingerprint density at radius 2 is 1.77 bits per heavy atom. The molecule has 0 aromatic heterocycles. The van der Waals surface area contributed by atoms with Gasteiger partial charge in [-0.25, -0.2) is 0 Å². The molecule has 0 saturated heterocycles. The van der Waals surface area contributed by atoms with Crippen LogP contribution in [0, 0.1) is 6.92 Å². The Bertz CT molecular complexity index is 370. The van der Waals surface area contributed by atoms with Gasteiger partial charge in [0.05, 0.1) is 0 Å². The number of hydrogen-bond donors (Lipinski definition) is 0. The van der Waals surface area contributed by atoms with Gasteiger partial charge in [-0.1, -0.05) is 17.7 Å². The molecule has 0 saturated carbocycles. The summed E-state index contributed by atoms with van der Waals surface area (Å²) in [6, 6.07) is 6.61. The number of aryl methyl sites for hydroxylation is 1. The molecule has 1 aromatic rings. The van der Waals surface area contributed by atoms with E-state index in [2.05, 4.69) is 6.70 Å². The molecule has 0 radical (unpaired) electrons. The molecule has 0 aliphatic heterocycles. The van der Waals surface area contributed by atoms with Crippen LogP contribution in [0.4, 0.5) is 0 Å². The lowest BCUT2D eigenvalue weighted by Gasteiger charge is -2.02. The first-order chi connectivity index (χ1) is 6.03. The van der Waals surface area contributed by atoms with Gasteiger partial charge in [0.1, 0.15) is 28.8 Å². The van der Waals surface area contributed by atoms with Crippen LogP contribution < -0.4 is 4.18 Å². The molecular formula is C7H7IO4S. The van der Waals surface area contributed by atoms with Crippen molar-refractivity contribution in [3.63, 3.8) is 0 Å². The highest BCUT2D eigenvalue weighted by Gasteiger charge is 2.11. The van der Waals surface area contributed by atoms with Crippen LogP contribution in [-0.4, -0.2) is 8.42 Å². The minimum Gasteiger partial charge on any atom is -0.361 e. The molecule has 0 fully saturated rings. The number of benzene rings is 1. The maximum absolute atomic E-state index is 10.8. The third kappa shape index (κ3) is 3.49. The van der Waals surface area contributed by atoms with Gasteiger partial charge < -0.3 is 4.18 Å². The van der Waals surface area contributed by atoms with Crippen molar-refractivity contribution in [2.24, 2.45) is 0 Å². The van der Waals surface area contributed by atoms with Crippen LogP contribution in [0.25, 0.3) is 0 Å². The van der Waals surface area contributed by atoms with Crippen LogP contribution in [-0.2, 0) is 12.9 Å². The molecule has 0 bridgehead atoms. The third-order valence-corrected chi connectivity index (χ3v) is 3.17. The second kappa shape index (κ2) is 4.25. The summed E-state index contributed by atoms with van der Waals surface area (Å²) in [6.07, 6.45) is 0. The normalized spacial score (nSPS) is 11.2. The highest BCUT2D eigenvalue weighted by Crippen LogP contribution is 2.15. The molecule has 0 heterocycles. The second-order valence-corrected chi connectivity index (χ2v) is 4.56. The standard InChI is InChI=1S/C7H7IO4S/c1-6-2-4-7(5-3-6)11-13(9,10)12-8/h2-5H,1H3. The molecule has 0 amide bonds. The predicted octanol–water partition coefficient (Wildman–Crippen LogP) is 1.99. The van der Waals surface area contributed by atoms with Gasteiger partial charge in [0.15, 0.2) is 0 Å². The Kier molecular flexibility index (Phi) is 3.51. The van der Waals surface area contributed by atoms with Crippen molar-refractivity contribution in [2.45, 2.75) is 6.92 Å². The van der Waals surface area contributed by atoms with Gasteiger partial charge in [-0.05, 0) is 19.1 Å². The van der Waals surface area contributed by atoms with E-state index in [0.717, 1.165) is 5.56 Å². The summed E-state index contributed by atoms with van der Waals surface area (Å²) in [4.78, 5) is 0. The second-order valence-electron chi connectivity index (χ2n) is 2.37. The van der Waals surface area contributed by atoms with E-state index in [9.17, 15) is 8.42 Å². The maximum Gasteiger partial charge on any atom is 0.458 e. The first-order valence-corrected chi connectivity index (χ1v) is 5.56. The fourth-order valence-corrected chi connectivity index (χ4v) is 1.32. The van der Waals surface area contributed by atoms with Gasteiger partial charge in [0.2, 0.25) is 0 Å². The van der Waals surface area contributed by atoms with Crippen LogP contribution in [0.3, 0.4) is 0 Å². The SMILES string of the molecule is Cc1ccc(OS(=O)(=O)OI)cc1. The number of halogens is 1. The Balaban J connectivity index is 2.82. The van der Waals surface area contributed by atoms with Gasteiger partial charge in [-0.2, -0.15) is 10.9 Å². The zero-order chi connectivity index (χ0) is 9.90. The lowest BCUT2D eigenvalue weighted by atomic mass is 10.2. The van der Waals surface area contributed by atoms with Crippen LogP contribution in [0.1, 0.15) is 5.56 Å². The summed E-state index contributed by atoms with van der Waals surface area (Å²) >= 11 is 1.25. The van der Waals surface area contributed by atoms with Crippen molar-refractivity contribution >= 4 is 33.4 Å². The summed E-state index contributed by atoms with van der Waals surface area (Å²) in [5.74, 6) is 0.238. The molecular weight excluding hydrogens is 307 g/mol. The van der Waals surface area contributed by atoms with Crippen LogP contribution in [0.15, 0.2) is 24.3 Å². The molecule has 0 aliphatic carbocycles. The molecule has 0 spiro atoms. The molecule has 0 atom stereocenters. The summed E-state index contributed by atoms with van der Waals surface area (Å²) in [5, 5.41) is 0.